The second-order valence-corrected chi connectivity index (χ2v) is 7.67. The van der Waals surface area contributed by atoms with E-state index in [0.717, 1.165) is 4.47 Å². The lowest BCUT2D eigenvalue weighted by molar-refractivity contribution is 0.0927. The highest BCUT2D eigenvalue weighted by atomic mass is 79.9. The highest BCUT2D eigenvalue weighted by Crippen LogP contribution is 2.22. The lowest BCUT2D eigenvalue weighted by atomic mass is 9.87. The molecule has 2 rings (SSSR count). The highest BCUT2D eigenvalue weighted by Gasteiger charge is 2.14. The smallest absolute Gasteiger partial charge is 0.252 e. The van der Waals surface area contributed by atoms with E-state index in [-0.39, 0.29) is 17.2 Å². The number of carbonyl (C=O) groups excluding carboxylic acids is 2. The fourth-order valence-electron chi connectivity index (χ4n) is 2.32. The number of hydrogen-bond donors (Lipinski definition) is 2. The molecule has 2 N–H and O–H groups in total. The quantitative estimate of drug-likeness (QED) is 0.744. The maximum Gasteiger partial charge on any atom is 0.252 e. The number of carbonyl (C=O) groups is 2. The van der Waals surface area contributed by atoms with Crippen LogP contribution >= 0.6 is 15.9 Å². The Morgan fingerprint density at radius 3 is 2.00 bits per heavy atom. The van der Waals surface area contributed by atoms with Crippen LogP contribution in [0, 0.1) is 0 Å². The van der Waals surface area contributed by atoms with Gasteiger partial charge < -0.3 is 10.6 Å². The molecule has 0 saturated heterocycles. The molecule has 0 bridgehead atoms. The van der Waals surface area contributed by atoms with Crippen LogP contribution in [-0.2, 0) is 5.41 Å². The van der Waals surface area contributed by atoms with Gasteiger partial charge in [-0.05, 0) is 51.2 Å². The molecule has 2 amide bonds. The largest absolute Gasteiger partial charge is 0.350 e. The summed E-state index contributed by atoms with van der Waals surface area (Å²) in [7, 11) is 0. The second-order valence-electron chi connectivity index (χ2n) is 6.82. The molecule has 0 aliphatic heterocycles. The fraction of sp³-hybridized carbons (Fsp3) is 0.300. The molecular formula is C20H23BrN2O2. The highest BCUT2D eigenvalue weighted by molar-refractivity contribution is 9.10. The van der Waals surface area contributed by atoms with Gasteiger partial charge in [0.1, 0.15) is 0 Å². The lowest BCUT2D eigenvalue weighted by Gasteiger charge is -2.19. The van der Waals surface area contributed by atoms with Crippen molar-refractivity contribution in [2.75, 3.05) is 13.1 Å². The fourth-order valence-corrected chi connectivity index (χ4v) is 2.78. The zero-order chi connectivity index (χ0) is 18.4. The molecule has 25 heavy (non-hydrogen) atoms. The Labute approximate surface area is 157 Å². The minimum Gasteiger partial charge on any atom is -0.350 e. The Bertz CT molecular complexity index is 749. The van der Waals surface area contributed by atoms with Gasteiger partial charge in [0.15, 0.2) is 0 Å². The van der Waals surface area contributed by atoms with Gasteiger partial charge in [-0.2, -0.15) is 0 Å². The van der Waals surface area contributed by atoms with E-state index in [1.54, 1.807) is 6.07 Å². The predicted molar refractivity (Wildman–Crippen MR) is 104 cm³/mol. The van der Waals surface area contributed by atoms with E-state index in [1.807, 2.05) is 42.5 Å². The first kappa shape index (κ1) is 19.2. The molecule has 0 unspecified atom stereocenters. The molecule has 5 heteroatoms. The van der Waals surface area contributed by atoms with Gasteiger partial charge in [0, 0.05) is 23.1 Å². The van der Waals surface area contributed by atoms with Crippen molar-refractivity contribution >= 4 is 27.7 Å². The number of rotatable bonds is 5. The molecule has 0 aliphatic carbocycles. The van der Waals surface area contributed by atoms with Crippen molar-refractivity contribution < 1.29 is 9.59 Å². The Morgan fingerprint density at radius 1 is 0.880 bits per heavy atom. The summed E-state index contributed by atoms with van der Waals surface area (Å²) in [5.41, 5.74) is 2.44. The molecule has 0 spiro atoms. The van der Waals surface area contributed by atoms with E-state index in [1.165, 1.54) is 5.56 Å². The van der Waals surface area contributed by atoms with E-state index >= 15 is 0 Å². The average molecular weight is 403 g/mol. The Hall–Kier alpha value is -2.14. The normalized spacial score (nSPS) is 11.0. The molecule has 0 heterocycles. The SMILES string of the molecule is CC(C)(C)c1ccc(C(=O)NCCNC(=O)c2ccccc2Br)cc1. The molecule has 2 aromatic rings. The molecule has 0 atom stereocenters. The standard InChI is InChI=1S/C20H23BrN2O2/c1-20(2,3)15-10-8-14(9-11-15)18(24)22-12-13-23-19(25)16-6-4-5-7-17(16)21/h4-11H,12-13H2,1-3H3,(H,22,24)(H,23,25). The van der Waals surface area contributed by atoms with Crippen molar-refractivity contribution in [1.82, 2.24) is 10.6 Å². The van der Waals surface area contributed by atoms with Gasteiger partial charge in [-0.25, -0.2) is 0 Å². The van der Waals surface area contributed by atoms with Crippen molar-refractivity contribution in [3.63, 3.8) is 0 Å². The van der Waals surface area contributed by atoms with Gasteiger partial charge in [0.25, 0.3) is 11.8 Å². The number of amides is 2. The number of hydrogen-bond acceptors (Lipinski definition) is 2. The Morgan fingerprint density at radius 2 is 1.44 bits per heavy atom. The van der Waals surface area contributed by atoms with Crippen LogP contribution in [0.25, 0.3) is 0 Å². The zero-order valence-corrected chi connectivity index (χ0v) is 16.3. The lowest BCUT2D eigenvalue weighted by Crippen LogP contribution is -2.34. The van der Waals surface area contributed by atoms with E-state index in [9.17, 15) is 9.59 Å². The summed E-state index contributed by atoms with van der Waals surface area (Å²) in [4.78, 5) is 24.2. The molecule has 0 fully saturated rings. The minimum absolute atomic E-state index is 0.0605. The monoisotopic (exact) mass is 402 g/mol. The summed E-state index contributed by atoms with van der Waals surface area (Å²) < 4.78 is 0.746. The third-order valence-electron chi connectivity index (χ3n) is 3.83. The summed E-state index contributed by atoms with van der Waals surface area (Å²) >= 11 is 3.35. The van der Waals surface area contributed by atoms with Crippen LogP contribution in [0.4, 0.5) is 0 Å². The van der Waals surface area contributed by atoms with Gasteiger partial charge in [-0.1, -0.05) is 45.0 Å². The summed E-state index contributed by atoms with van der Waals surface area (Å²) in [6, 6.07) is 14.8. The third-order valence-corrected chi connectivity index (χ3v) is 4.52. The van der Waals surface area contributed by atoms with E-state index in [0.29, 0.717) is 24.2 Å². The first-order chi connectivity index (χ1) is 11.8. The predicted octanol–water partition coefficient (Wildman–Crippen LogP) is 3.91. The molecule has 2 aromatic carbocycles. The average Bonchev–Trinajstić information content (AvgIpc) is 2.58. The van der Waals surface area contributed by atoms with Crippen LogP contribution in [-0.4, -0.2) is 24.9 Å². The van der Waals surface area contributed by atoms with Crippen LogP contribution in [0.5, 0.6) is 0 Å². The summed E-state index contributed by atoms with van der Waals surface area (Å²) in [6.45, 7) is 7.14. The summed E-state index contributed by atoms with van der Waals surface area (Å²) in [5.74, 6) is -0.313. The van der Waals surface area contributed by atoms with Crippen LogP contribution in [0.15, 0.2) is 53.0 Å². The van der Waals surface area contributed by atoms with Gasteiger partial charge in [-0.15, -0.1) is 0 Å². The van der Waals surface area contributed by atoms with Crippen molar-refractivity contribution in [3.8, 4) is 0 Å². The van der Waals surface area contributed by atoms with Crippen LogP contribution < -0.4 is 10.6 Å². The van der Waals surface area contributed by atoms with Crippen molar-refractivity contribution in [1.29, 1.82) is 0 Å². The second kappa shape index (κ2) is 8.30. The molecule has 4 nitrogen and oxygen atoms in total. The van der Waals surface area contributed by atoms with Gasteiger partial charge in [0.05, 0.1) is 5.56 Å². The number of halogens is 1. The first-order valence-electron chi connectivity index (χ1n) is 8.20. The van der Waals surface area contributed by atoms with Gasteiger partial charge in [0.2, 0.25) is 0 Å². The third kappa shape index (κ3) is 5.43. The zero-order valence-electron chi connectivity index (χ0n) is 14.7. The number of nitrogens with one attached hydrogen (secondary N) is 2. The maximum atomic E-state index is 12.1. The van der Waals surface area contributed by atoms with Crippen molar-refractivity contribution in [2.45, 2.75) is 26.2 Å². The van der Waals surface area contributed by atoms with Crippen LogP contribution in [0.1, 0.15) is 47.1 Å². The van der Waals surface area contributed by atoms with E-state index in [4.69, 9.17) is 0 Å². The summed E-state index contributed by atoms with van der Waals surface area (Å²) in [5, 5.41) is 5.61. The topological polar surface area (TPSA) is 58.2 Å². The van der Waals surface area contributed by atoms with Crippen LogP contribution in [0.2, 0.25) is 0 Å². The first-order valence-corrected chi connectivity index (χ1v) is 9.00. The number of benzene rings is 2. The van der Waals surface area contributed by atoms with Crippen LogP contribution in [0.3, 0.4) is 0 Å². The molecular weight excluding hydrogens is 380 g/mol. The van der Waals surface area contributed by atoms with E-state index in [2.05, 4.69) is 47.3 Å². The maximum absolute atomic E-state index is 12.1. The summed E-state index contributed by atoms with van der Waals surface area (Å²) in [6.07, 6.45) is 0. The van der Waals surface area contributed by atoms with Crippen molar-refractivity contribution in [2.24, 2.45) is 0 Å². The Balaban J connectivity index is 1.81. The minimum atomic E-state index is -0.170. The molecule has 0 saturated carbocycles. The molecule has 0 radical (unpaired) electrons. The van der Waals surface area contributed by atoms with Crippen molar-refractivity contribution in [3.05, 3.63) is 69.7 Å². The molecule has 0 aromatic heterocycles. The Kier molecular flexibility index (Phi) is 6.37. The van der Waals surface area contributed by atoms with Gasteiger partial charge in [-0.3, -0.25) is 9.59 Å². The van der Waals surface area contributed by atoms with E-state index < -0.39 is 0 Å². The van der Waals surface area contributed by atoms with Gasteiger partial charge >= 0.3 is 0 Å². The molecule has 132 valence electrons. The molecule has 0 aliphatic rings.